The molecule has 0 saturated heterocycles. The molecule has 0 aliphatic heterocycles. The van der Waals surface area contributed by atoms with Gasteiger partial charge in [0.1, 0.15) is 0 Å². The van der Waals surface area contributed by atoms with Crippen LogP contribution >= 0.6 is 11.8 Å². The van der Waals surface area contributed by atoms with Gasteiger partial charge in [0.05, 0.1) is 10.3 Å². The molecule has 0 atom stereocenters. The zero-order valence-corrected chi connectivity index (χ0v) is 13.6. The maximum atomic E-state index is 11.3. The highest BCUT2D eigenvalue weighted by atomic mass is 32.2. The number of hydrogen-bond acceptors (Lipinski definition) is 4. The molecule has 20 heavy (non-hydrogen) atoms. The van der Waals surface area contributed by atoms with E-state index in [0.717, 1.165) is 17.1 Å². The van der Waals surface area contributed by atoms with Crippen LogP contribution in [0.15, 0.2) is 34.1 Å². The zero-order valence-electron chi connectivity index (χ0n) is 11.9. The Kier molecular flexibility index (Phi) is 5.65. The van der Waals surface area contributed by atoms with Gasteiger partial charge in [0.15, 0.2) is 9.84 Å². The van der Waals surface area contributed by atoms with E-state index in [-0.39, 0.29) is 0 Å². The number of carbonyl (C=O) groups is 1. The first-order chi connectivity index (χ1) is 9.13. The van der Waals surface area contributed by atoms with E-state index in [0.29, 0.717) is 11.3 Å². The fourth-order valence-electron chi connectivity index (χ4n) is 1.59. The summed E-state index contributed by atoms with van der Waals surface area (Å²) in [5, 5.41) is 9.00. The second-order valence-corrected chi connectivity index (χ2v) is 8.57. The molecule has 0 bridgehead atoms. The van der Waals surface area contributed by atoms with Crippen molar-refractivity contribution in [3.8, 4) is 0 Å². The number of aliphatic carboxylic acids is 1. The van der Waals surface area contributed by atoms with Crippen LogP contribution in [0.4, 0.5) is 0 Å². The molecule has 0 spiro atoms. The summed E-state index contributed by atoms with van der Waals surface area (Å²) in [7, 11) is -3.15. The number of rotatable bonds is 7. The van der Waals surface area contributed by atoms with Gasteiger partial charge in [0.2, 0.25) is 0 Å². The molecule has 1 aromatic carbocycles. The van der Waals surface area contributed by atoms with Crippen LogP contribution in [0.1, 0.15) is 26.7 Å². The number of benzene rings is 1. The first kappa shape index (κ1) is 17.0. The molecule has 1 N–H and O–H groups in total. The molecule has 0 unspecified atom stereocenters. The van der Waals surface area contributed by atoms with Gasteiger partial charge >= 0.3 is 5.97 Å². The summed E-state index contributed by atoms with van der Waals surface area (Å²) in [6, 6.07) is 6.75. The SMILES string of the molecule is CC(C)(CCCSc1ccc(S(C)(=O)=O)cc1)C(=O)O. The van der Waals surface area contributed by atoms with E-state index in [1.807, 2.05) is 0 Å². The lowest BCUT2D eigenvalue weighted by Crippen LogP contribution is -2.23. The largest absolute Gasteiger partial charge is 0.481 e. The molecule has 0 fully saturated rings. The third kappa shape index (κ3) is 5.17. The summed E-state index contributed by atoms with van der Waals surface area (Å²) >= 11 is 1.60. The van der Waals surface area contributed by atoms with E-state index < -0.39 is 21.2 Å². The standard InChI is InChI=1S/C14H20O4S2/c1-14(2,13(15)16)9-4-10-19-11-5-7-12(8-6-11)20(3,17)18/h5-8H,4,9-10H2,1-3H3,(H,15,16). The minimum Gasteiger partial charge on any atom is -0.481 e. The zero-order chi connectivity index (χ0) is 15.4. The Hall–Kier alpha value is -1.01. The fraction of sp³-hybridized carbons (Fsp3) is 0.500. The highest BCUT2D eigenvalue weighted by molar-refractivity contribution is 7.99. The third-order valence-electron chi connectivity index (χ3n) is 3.05. The summed E-state index contributed by atoms with van der Waals surface area (Å²) < 4.78 is 22.6. The first-order valence-electron chi connectivity index (χ1n) is 6.29. The number of hydrogen-bond donors (Lipinski definition) is 1. The van der Waals surface area contributed by atoms with E-state index >= 15 is 0 Å². The number of thioether (sulfide) groups is 1. The van der Waals surface area contributed by atoms with Gasteiger partial charge in [-0.25, -0.2) is 8.42 Å². The molecule has 0 aromatic heterocycles. The van der Waals surface area contributed by atoms with Gasteiger partial charge < -0.3 is 5.11 Å². The van der Waals surface area contributed by atoms with Crippen molar-refractivity contribution in [1.29, 1.82) is 0 Å². The van der Waals surface area contributed by atoms with Gasteiger partial charge in [0, 0.05) is 11.2 Å². The summed E-state index contributed by atoms with van der Waals surface area (Å²) in [6.07, 6.45) is 2.61. The van der Waals surface area contributed by atoms with Gasteiger partial charge in [-0.2, -0.15) is 0 Å². The van der Waals surface area contributed by atoms with Crippen LogP contribution in [-0.4, -0.2) is 31.5 Å². The third-order valence-corrected chi connectivity index (χ3v) is 5.27. The second-order valence-electron chi connectivity index (χ2n) is 5.38. The van der Waals surface area contributed by atoms with Gasteiger partial charge in [-0.15, -0.1) is 11.8 Å². The molecule has 0 aliphatic carbocycles. The first-order valence-corrected chi connectivity index (χ1v) is 9.17. The molecule has 112 valence electrons. The molecule has 1 aromatic rings. The molecular formula is C14H20O4S2. The van der Waals surface area contributed by atoms with E-state index in [2.05, 4.69) is 0 Å². The predicted molar refractivity (Wildman–Crippen MR) is 80.9 cm³/mol. The molecule has 0 heterocycles. The molecule has 0 amide bonds. The van der Waals surface area contributed by atoms with Crippen molar-refractivity contribution >= 4 is 27.6 Å². The lowest BCUT2D eigenvalue weighted by molar-refractivity contribution is -0.147. The van der Waals surface area contributed by atoms with Crippen molar-refractivity contribution in [2.45, 2.75) is 36.5 Å². The molecular weight excluding hydrogens is 296 g/mol. The summed E-state index contributed by atoms with van der Waals surface area (Å²) in [6.45, 7) is 3.45. The van der Waals surface area contributed by atoms with Crippen LogP contribution in [0.5, 0.6) is 0 Å². The fourth-order valence-corrected chi connectivity index (χ4v) is 3.08. The highest BCUT2D eigenvalue weighted by Gasteiger charge is 2.25. The van der Waals surface area contributed by atoms with Gasteiger partial charge in [0.25, 0.3) is 0 Å². The smallest absolute Gasteiger partial charge is 0.309 e. The summed E-state index contributed by atoms with van der Waals surface area (Å²) in [5.41, 5.74) is -0.694. The normalized spacial score (nSPS) is 12.3. The molecule has 6 heteroatoms. The lowest BCUT2D eigenvalue weighted by atomic mass is 9.88. The van der Waals surface area contributed by atoms with Crippen molar-refractivity contribution in [2.75, 3.05) is 12.0 Å². The lowest BCUT2D eigenvalue weighted by Gasteiger charge is -2.18. The molecule has 0 radical (unpaired) electrons. The second kappa shape index (κ2) is 6.63. The van der Waals surface area contributed by atoms with Crippen LogP contribution in [0, 0.1) is 5.41 Å². The Bertz CT molecular complexity index is 559. The van der Waals surface area contributed by atoms with Crippen molar-refractivity contribution < 1.29 is 18.3 Å². The average Bonchev–Trinajstić information content (AvgIpc) is 2.34. The van der Waals surface area contributed by atoms with Gasteiger partial charge in [-0.1, -0.05) is 0 Å². The van der Waals surface area contributed by atoms with Crippen LogP contribution in [-0.2, 0) is 14.6 Å². The summed E-state index contributed by atoms with van der Waals surface area (Å²) in [4.78, 5) is 12.3. The van der Waals surface area contributed by atoms with Crippen molar-refractivity contribution in [1.82, 2.24) is 0 Å². The Morgan fingerprint density at radius 3 is 2.25 bits per heavy atom. The molecule has 4 nitrogen and oxygen atoms in total. The Morgan fingerprint density at radius 2 is 1.80 bits per heavy atom. The Morgan fingerprint density at radius 1 is 1.25 bits per heavy atom. The van der Waals surface area contributed by atoms with E-state index in [9.17, 15) is 13.2 Å². The Balaban J connectivity index is 2.46. The van der Waals surface area contributed by atoms with Crippen molar-refractivity contribution in [3.05, 3.63) is 24.3 Å². The van der Waals surface area contributed by atoms with Crippen LogP contribution < -0.4 is 0 Å². The topological polar surface area (TPSA) is 71.4 Å². The minimum absolute atomic E-state index is 0.314. The predicted octanol–water partition coefficient (Wildman–Crippen LogP) is 3.07. The highest BCUT2D eigenvalue weighted by Crippen LogP contribution is 2.26. The quantitative estimate of drug-likeness (QED) is 0.618. The van der Waals surface area contributed by atoms with Crippen LogP contribution in [0.25, 0.3) is 0 Å². The maximum Gasteiger partial charge on any atom is 0.309 e. The van der Waals surface area contributed by atoms with E-state index in [1.54, 1.807) is 49.9 Å². The molecule has 0 aliphatic rings. The molecule has 0 saturated carbocycles. The van der Waals surface area contributed by atoms with Gasteiger partial charge in [-0.05, 0) is 56.7 Å². The minimum atomic E-state index is -3.15. The monoisotopic (exact) mass is 316 g/mol. The number of sulfone groups is 1. The van der Waals surface area contributed by atoms with E-state index in [4.69, 9.17) is 5.11 Å². The Labute approximate surface area is 124 Å². The summed E-state index contributed by atoms with van der Waals surface area (Å²) in [5.74, 6) is 0.0366. The number of carboxylic acid groups (broad SMARTS) is 1. The van der Waals surface area contributed by atoms with Gasteiger partial charge in [-0.3, -0.25) is 4.79 Å². The maximum absolute atomic E-state index is 11.3. The number of carboxylic acids is 1. The van der Waals surface area contributed by atoms with E-state index in [1.165, 1.54) is 6.26 Å². The molecule has 1 rings (SSSR count). The van der Waals surface area contributed by atoms with Crippen LogP contribution in [0.2, 0.25) is 0 Å². The van der Waals surface area contributed by atoms with Crippen LogP contribution in [0.3, 0.4) is 0 Å². The average molecular weight is 316 g/mol. The van der Waals surface area contributed by atoms with Crippen molar-refractivity contribution in [3.63, 3.8) is 0 Å². The van der Waals surface area contributed by atoms with Crippen molar-refractivity contribution in [2.24, 2.45) is 5.41 Å².